The Hall–Kier alpha value is -2.00. The molecule has 29 heavy (non-hydrogen) atoms. The highest BCUT2D eigenvalue weighted by Crippen LogP contribution is 2.38. The molecule has 1 aliphatic heterocycles. The third-order valence-corrected chi connectivity index (χ3v) is 6.16. The average molecular weight is 425 g/mol. The van der Waals surface area contributed by atoms with Crippen molar-refractivity contribution in [1.82, 2.24) is 14.8 Å². The smallest absolute Gasteiger partial charge is 0.325 e. The lowest BCUT2D eigenvalue weighted by molar-refractivity contribution is 0.349. The van der Waals surface area contributed by atoms with Crippen LogP contribution in [0.3, 0.4) is 0 Å². The van der Waals surface area contributed by atoms with Crippen LogP contribution in [-0.2, 0) is 11.1 Å². The number of nitrogens with zero attached hydrogens (tertiary/aromatic N) is 4. The van der Waals surface area contributed by atoms with Gasteiger partial charge in [0.15, 0.2) is 0 Å². The number of nitrogens with two attached hydrogens (primary N) is 1. The van der Waals surface area contributed by atoms with Crippen LogP contribution in [0.2, 0.25) is 0 Å². The molecule has 1 aliphatic rings. The molecule has 0 atom stereocenters. The molecule has 1 saturated heterocycles. The van der Waals surface area contributed by atoms with E-state index in [1.165, 1.54) is 11.8 Å². The number of hydrogen-bond acceptors (Lipinski definition) is 7. The summed E-state index contributed by atoms with van der Waals surface area (Å²) in [4.78, 5) is 37.5. The predicted molar refractivity (Wildman–Crippen MR) is 110 cm³/mol. The van der Waals surface area contributed by atoms with E-state index in [0.29, 0.717) is 42.5 Å². The van der Waals surface area contributed by atoms with Gasteiger partial charge in [-0.05, 0) is 44.2 Å². The highest BCUT2D eigenvalue weighted by Gasteiger charge is 2.24. The van der Waals surface area contributed by atoms with Gasteiger partial charge in [0.05, 0.1) is 19.5 Å². The zero-order valence-corrected chi connectivity index (χ0v) is 17.4. The number of methoxy groups -OCH3 is 1. The first-order chi connectivity index (χ1) is 13.8. The van der Waals surface area contributed by atoms with Crippen molar-refractivity contribution in [1.29, 1.82) is 0 Å². The Labute approximate surface area is 168 Å². The van der Waals surface area contributed by atoms with Gasteiger partial charge in [0, 0.05) is 25.0 Å². The Morgan fingerprint density at radius 1 is 1.34 bits per heavy atom. The predicted octanol–water partition coefficient (Wildman–Crippen LogP) is 0.933. The summed E-state index contributed by atoms with van der Waals surface area (Å²) < 4.78 is 17.9. The minimum Gasteiger partial charge on any atom is -0.480 e. The van der Waals surface area contributed by atoms with Crippen LogP contribution in [0.1, 0.15) is 25.7 Å². The van der Waals surface area contributed by atoms with Gasteiger partial charge in [0.1, 0.15) is 11.2 Å². The van der Waals surface area contributed by atoms with Crippen molar-refractivity contribution in [2.75, 3.05) is 37.8 Å². The summed E-state index contributed by atoms with van der Waals surface area (Å²) in [5.41, 5.74) is 5.28. The summed E-state index contributed by atoms with van der Waals surface area (Å²) in [5, 5.41) is 5.31. The van der Waals surface area contributed by atoms with E-state index >= 15 is 0 Å². The van der Waals surface area contributed by atoms with Crippen LogP contribution < -0.4 is 20.9 Å². The van der Waals surface area contributed by atoms with Gasteiger partial charge in [0.25, 0.3) is 5.56 Å². The van der Waals surface area contributed by atoms with E-state index in [-0.39, 0.29) is 23.5 Å². The number of ether oxygens (including phenoxy) is 1. The lowest BCUT2D eigenvalue weighted by atomic mass is 9.94. The monoisotopic (exact) mass is 425 g/mol. The molecule has 10 nitrogen and oxygen atoms in total. The van der Waals surface area contributed by atoms with Gasteiger partial charge in [-0.2, -0.15) is 10.1 Å². The van der Waals surface area contributed by atoms with Crippen molar-refractivity contribution < 1.29 is 19.1 Å². The minimum absolute atomic E-state index is 0.0676. The fourth-order valence-corrected chi connectivity index (χ4v) is 4.37. The Morgan fingerprint density at radius 2 is 2.07 bits per heavy atom. The van der Waals surface area contributed by atoms with Crippen LogP contribution in [0.4, 0.5) is 5.82 Å². The molecule has 0 unspecified atom stereocenters. The van der Waals surface area contributed by atoms with Crippen LogP contribution in [0.15, 0.2) is 17.1 Å². The van der Waals surface area contributed by atoms with E-state index in [9.17, 15) is 9.36 Å². The summed E-state index contributed by atoms with van der Waals surface area (Å²) in [6, 6.07) is 1.84. The maximum atomic E-state index is 12.8. The lowest BCUT2D eigenvalue weighted by Gasteiger charge is -2.33. The summed E-state index contributed by atoms with van der Waals surface area (Å²) in [6.45, 7) is 2.38. The van der Waals surface area contributed by atoms with E-state index in [1.807, 2.05) is 6.07 Å². The zero-order chi connectivity index (χ0) is 21.0. The minimum atomic E-state index is -3.95. The molecule has 3 heterocycles. The van der Waals surface area contributed by atoms with Crippen LogP contribution in [0.25, 0.3) is 10.8 Å². The van der Waals surface area contributed by atoms with Gasteiger partial charge in [-0.3, -0.25) is 9.36 Å². The van der Waals surface area contributed by atoms with Crippen LogP contribution >= 0.6 is 7.60 Å². The quantitative estimate of drug-likeness (QED) is 0.526. The van der Waals surface area contributed by atoms with E-state index < -0.39 is 7.60 Å². The van der Waals surface area contributed by atoms with Crippen molar-refractivity contribution in [3.05, 3.63) is 22.6 Å². The van der Waals surface area contributed by atoms with Crippen LogP contribution in [-0.4, -0.2) is 57.5 Å². The van der Waals surface area contributed by atoms with Gasteiger partial charge < -0.3 is 25.2 Å². The maximum Gasteiger partial charge on any atom is 0.325 e. The molecule has 2 aromatic rings. The second-order valence-corrected chi connectivity index (χ2v) is 9.15. The van der Waals surface area contributed by atoms with Gasteiger partial charge >= 0.3 is 7.60 Å². The first-order valence-corrected chi connectivity index (χ1v) is 11.6. The number of aryl methyl sites for hydroxylation is 1. The average Bonchev–Trinajstić information content (AvgIpc) is 2.71. The summed E-state index contributed by atoms with van der Waals surface area (Å²) in [5.74, 6) is 1.27. The number of aromatic nitrogens is 3. The lowest BCUT2D eigenvalue weighted by Crippen LogP contribution is -2.34. The van der Waals surface area contributed by atoms with Crippen molar-refractivity contribution in [2.24, 2.45) is 11.7 Å². The molecule has 4 N–H and O–H groups in total. The summed E-state index contributed by atoms with van der Waals surface area (Å²) >= 11 is 0. The number of hydrogen-bond donors (Lipinski definition) is 3. The summed E-state index contributed by atoms with van der Waals surface area (Å²) in [6.07, 6.45) is 4.43. The largest absolute Gasteiger partial charge is 0.480 e. The second-order valence-electron chi connectivity index (χ2n) is 7.38. The fourth-order valence-electron chi connectivity index (χ4n) is 3.67. The standard InChI is InChI=1S/C18H28N5O5P/c1-28-17-16-14(12-20-23(18(16)24)7-2-6-19)11-15(21-17)22-8-3-13(4-9-22)5-10-29(25,26)27/h11-13H,2-10,19H2,1H3,(H2,25,26,27). The molecule has 0 spiro atoms. The number of pyridine rings is 1. The Balaban J connectivity index is 1.79. The molecule has 0 radical (unpaired) electrons. The SMILES string of the molecule is COc1nc(N2CCC(CCP(=O)(O)O)CC2)cc2cnn(CCCN)c(=O)c12. The molecule has 0 aliphatic carbocycles. The molecule has 0 saturated carbocycles. The first-order valence-electron chi connectivity index (χ1n) is 9.77. The molecular weight excluding hydrogens is 397 g/mol. The van der Waals surface area contributed by atoms with Crippen molar-refractivity contribution in [3.8, 4) is 5.88 Å². The van der Waals surface area contributed by atoms with E-state index in [0.717, 1.165) is 25.9 Å². The first kappa shape index (κ1) is 21.7. The third kappa shape index (κ3) is 5.33. The van der Waals surface area contributed by atoms with Crippen LogP contribution in [0, 0.1) is 5.92 Å². The topological polar surface area (TPSA) is 144 Å². The summed E-state index contributed by atoms with van der Waals surface area (Å²) in [7, 11) is -2.46. The van der Waals surface area contributed by atoms with E-state index in [4.69, 9.17) is 20.3 Å². The normalized spacial score (nSPS) is 15.8. The zero-order valence-electron chi connectivity index (χ0n) is 16.5. The molecule has 160 valence electrons. The van der Waals surface area contributed by atoms with E-state index in [1.54, 1.807) is 6.20 Å². The van der Waals surface area contributed by atoms with Crippen molar-refractivity contribution in [3.63, 3.8) is 0 Å². The Kier molecular flexibility index (Phi) is 6.89. The van der Waals surface area contributed by atoms with Crippen molar-refractivity contribution >= 4 is 24.2 Å². The molecule has 0 amide bonds. The van der Waals surface area contributed by atoms with Crippen LogP contribution in [0.5, 0.6) is 5.88 Å². The maximum absolute atomic E-state index is 12.8. The highest BCUT2D eigenvalue weighted by molar-refractivity contribution is 7.51. The number of rotatable bonds is 8. The van der Waals surface area contributed by atoms with Gasteiger partial charge in [-0.15, -0.1) is 0 Å². The Morgan fingerprint density at radius 3 is 2.69 bits per heavy atom. The second kappa shape index (κ2) is 9.21. The molecule has 1 fully saturated rings. The number of fused-ring (bicyclic) bond motifs is 1. The van der Waals surface area contributed by atoms with E-state index in [2.05, 4.69) is 15.0 Å². The van der Waals surface area contributed by atoms with Gasteiger partial charge in [0.2, 0.25) is 5.88 Å². The number of piperidine rings is 1. The number of anilines is 1. The van der Waals surface area contributed by atoms with Crippen molar-refractivity contribution in [2.45, 2.75) is 32.2 Å². The third-order valence-electron chi connectivity index (χ3n) is 5.32. The highest BCUT2D eigenvalue weighted by atomic mass is 31.2. The molecular formula is C18H28N5O5P. The molecule has 11 heteroatoms. The molecule has 3 rings (SSSR count). The molecule has 2 aromatic heterocycles. The molecule has 0 aromatic carbocycles. The fraction of sp³-hybridized carbons (Fsp3) is 0.611. The van der Waals surface area contributed by atoms with Gasteiger partial charge in [-0.25, -0.2) is 4.68 Å². The molecule has 0 bridgehead atoms. The van der Waals surface area contributed by atoms with Gasteiger partial charge in [-0.1, -0.05) is 0 Å². The Bertz CT molecular complexity index is 952.